The van der Waals surface area contributed by atoms with Crippen molar-refractivity contribution >= 4 is 11.8 Å². The lowest BCUT2D eigenvalue weighted by Crippen LogP contribution is -1.97. The zero-order chi connectivity index (χ0) is 15.5. The molecule has 1 atom stereocenters. The van der Waals surface area contributed by atoms with E-state index in [1.807, 2.05) is 23.7 Å². The van der Waals surface area contributed by atoms with Crippen molar-refractivity contribution in [1.82, 2.24) is 19.7 Å². The Labute approximate surface area is 132 Å². The molecule has 1 aromatic carbocycles. The van der Waals surface area contributed by atoms with Gasteiger partial charge in [0.15, 0.2) is 11.0 Å². The Morgan fingerprint density at radius 2 is 1.91 bits per heavy atom. The Bertz CT molecular complexity index is 756. The fourth-order valence-corrected chi connectivity index (χ4v) is 3.07. The molecule has 0 amide bonds. The van der Waals surface area contributed by atoms with E-state index < -0.39 is 0 Å². The van der Waals surface area contributed by atoms with Gasteiger partial charge < -0.3 is 4.57 Å². The first-order valence-corrected chi connectivity index (χ1v) is 7.75. The molecule has 112 valence electrons. The molecule has 0 aliphatic carbocycles. The standard InChI is InChI=1S/C16H15FN4S/c1-11(12-5-7-14(17)8-6-12)22-16-20-19-15(21(16)2)13-4-3-9-18-10-13/h3-11H,1-2H3. The van der Waals surface area contributed by atoms with Crippen LogP contribution in [0.1, 0.15) is 17.7 Å². The molecule has 22 heavy (non-hydrogen) atoms. The molecule has 0 bridgehead atoms. The largest absolute Gasteiger partial charge is 0.305 e. The Hall–Kier alpha value is -2.21. The van der Waals surface area contributed by atoms with Gasteiger partial charge in [-0.3, -0.25) is 4.98 Å². The van der Waals surface area contributed by atoms with Gasteiger partial charge in [0, 0.05) is 30.3 Å². The van der Waals surface area contributed by atoms with E-state index in [1.165, 1.54) is 12.1 Å². The maximum atomic E-state index is 13.0. The molecule has 2 heterocycles. The van der Waals surface area contributed by atoms with Crippen LogP contribution in [0.3, 0.4) is 0 Å². The van der Waals surface area contributed by atoms with Crippen LogP contribution in [0.2, 0.25) is 0 Å². The van der Waals surface area contributed by atoms with Gasteiger partial charge in [0.1, 0.15) is 5.82 Å². The minimum Gasteiger partial charge on any atom is -0.305 e. The first kappa shape index (κ1) is 14.7. The number of halogens is 1. The van der Waals surface area contributed by atoms with E-state index >= 15 is 0 Å². The molecule has 0 fully saturated rings. The molecular formula is C16H15FN4S. The van der Waals surface area contributed by atoms with Crippen LogP contribution in [0.25, 0.3) is 11.4 Å². The molecule has 0 aliphatic rings. The van der Waals surface area contributed by atoms with Crippen LogP contribution >= 0.6 is 11.8 Å². The molecule has 0 aliphatic heterocycles. The minimum absolute atomic E-state index is 0.158. The summed E-state index contributed by atoms with van der Waals surface area (Å²) in [7, 11) is 1.93. The van der Waals surface area contributed by atoms with Gasteiger partial charge >= 0.3 is 0 Å². The summed E-state index contributed by atoms with van der Waals surface area (Å²) in [6.07, 6.45) is 3.49. The van der Waals surface area contributed by atoms with E-state index in [4.69, 9.17) is 0 Å². The van der Waals surface area contributed by atoms with Crippen LogP contribution in [0, 0.1) is 5.82 Å². The first-order valence-electron chi connectivity index (χ1n) is 6.87. The van der Waals surface area contributed by atoms with E-state index in [1.54, 1.807) is 36.3 Å². The summed E-state index contributed by atoms with van der Waals surface area (Å²) in [6.45, 7) is 2.07. The third-order valence-corrected chi connectivity index (χ3v) is 4.57. The maximum absolute atomic E-state index is 13.0. The molecule has 0 spiro atoms. The van der Waals surface area contributed by atoms with E-state index in [9.17, 15) is 4.39 Å². The van der Waals surface area contributed by atoms with Crippen molar-refractivity contribution in [2.24, 2.45) is 7.05 Å². The molecule has 1 unspecified atom stereocenters. The molecule has 0 saturated heterocycles. The van der Waals surface area contributed by atoms with Crippen molar-refractivity contribution < 1.29 is 4.39 Å². The highest BCUT2D eigenvalue weighted by molar-refractivity contribution is 7.99. The Morgan fingerprint density at radius 3 is 2.59 bits per heavy atom. The lowest BCUT2D eigenvalue weighted by Gasteiger charge is -2.11. The molecule has 0 radical (unpaired) electrons. The molecular weight excluding hydrogens is 299 g/mol. The summed E-state index contributed by atoms with van der Waals surface area (Å²) in [5.74, 6) is 0.556. The van der Waals surface area contributed by atoms with E-state index in [2.05, 4.69) is 22.1 Å². The number of hydrogen-bond acceptors (Lipinski definition) is 4. The predicted octanol–water partition coefficient (Wildman–Crippen LogP) is 3.87. The van der Waals surface area contributed by atoms with Gasteiger partial charge in [0.2, 0.25) is 0 Å². The molecule has 4 nitrogen and oxygen atoms in total. The van der Waals surface area contributed by atoms with Gasteiger partial charge in [0.25, 0.3) is 0 Å². The molecule has 6 heteroatoms. The zero-order valence-electron chi connectivity index (χ0n) is 12.3. The lowest BCUT2D eigenvalue weighted by molar-refractivity contribution is 0.627. The molecule has 0 saturated carbocycles. The fourth-order valence-electron chi connectivity index (χ4n) is 2.12. The third kappa shape index (κ3) is 3.01. The van der Waals surface area contributed by atoms with Crippen molar-refractivity contribution in [3.8, 4) is 11.4 Å². The van der Waals surface area contributed by atoms with Crippen molar-refractivity contribution in [1.29, 1.82) is 0 Å². The minimum atomic E-state index is -0.224. The number of benzene rings is 1. The van der Waals surface area contributed by atoms with Crippen LogP contribution in [-0.2, 0) is 7.05 Å². The summed E-state index contributed by atoms with van der Waals surface area (Å²) in [5.41, 5.74) is 1.98. The van der Waals surface area contributed by atoms with Gasteiger partial charge in [-0.1, -0.05) is 23.9 Å². The summed E-state index contributed by atoms with van der Waals surface area (Å²) in [4.78, 5) is 4.10. The molecule has 0 N–H and O–H groups in total. The molecule has 3 rings (SSSR count). The Morgan fingerprint density at radius 1 is 1.14 bits per heavy atom. The van der Waals surface area contributed by atoms with E-state index in [-0.39, 0.29) is 11.1 Å². The second-order valence-corrected chi connectivity index (χ2v) is 6.23. The van der Waals surface area contributed by atoms with Crippen molar-refractivity contribution in [2.75, 3.05) is 0 Å². The van der Waals surface area contributed by atoms with Crippen LogP contribution in [0.15, 0.2) is 53.9 Å². The van der Waals surface area contributed by atoms with Gasteiger partial charge in [-0.25, -0.2) is 4.39 Å². The first-order chi connectivity index (χ1) is 10.6. The monoisotopic (exact) mass is 314 g/mol. The summed E-state index contributed by atoms with van der Waals surface area (Å²) in [5, 5.41) is 9.46. The number of nitrogens with zero attached hydrogens (tertiary/aromatic N) is 4. The number of pyridine rings is 1. The van der Waals surface area contributed by atoms with Crippen molar-refractivity contribution in [2.45, 2.75) is 17.3 Å². The van der Waals surface area contributed by atoms with Crippen LogP contribution < -0.4 is 0 Å². The highest BCUT2D eigenvalue weighted by Crippen LogP contribution is 2.34. The maximum Gasteiger partial charge on any atom is 0.191 e. The third-order valence-electron chi connectivity index (χ3n) is 3.38. The number of aromatic nitrogens is 4. The normalized spacial score (nSPS) is 12.3. The summed E-state index contributed by atoms with van der Waals surface area (Å²) in [6, 6.07) is 10.4. The van der Waals surface area contributed by atoms with Crippen LogP contribution in [-0.4, -0.2) is 19.7 Å². The quantitative estimate of drug-likeness (QED) is 0.686. The SMILES string of the molecule is CC(Sc1nnc(-c2cccnc2)n1C)c1ccc(F)cc1. The Kier molecular flexibility index (Phi) is 4.20. The van der Waals surface area contributed by atoms with Gasteiger partial charge in [-0.15, -0.1) is 10.2 Å². The highest BCUT2D eigenvalue weighted by Gasteiger charge is 2.15. The van der Waals surface area contributed by atoms with E-state index in [0.717, 1.165) is 22.1 Å². The van der Waals surface area contributed by atoms with E-state index in [0.29, 0.717) is 0 Å². The lowest BCUT2D eigenvalue weighted by atomic mass is 10.2. The Balaban J connectivity index is 1.82. The average Bonchev–Trinajstić information content (AvgIpc) is 2.90. The highest BCUT2D eigenvalue weighted by atomic mass is 32.2. The number of thioether (sulfide) groups is 1. The zero-order valence-corrected chi connectivity index (χ0v) is 13.1. The van der Waals surface area contributed by atoms with Crippen molar-refractivity contribution in [3.63, 3.8) is 0 Å². The van der Waals surface area contributed by atoms with Gasteiger partial charge in [-0.2, -0.15) is 0 Å². The number of hydrogen-bond donors (Lipinski definition) is 0. The topological polar surface area (TPSA) is 43.6 Å². The predicted molar refractivity (Wildman–Crippen MR) is 84.9 cm³/mol. The molecule has 2 aromatic heterocycles. The molecule has 3 aromatic rings. The fraction of sp³-hybridized carbons (Fsp3) is 0.188. The summed E-state index contributed by atoms with van der Waals surface area (Å²) >= 11 is 1.59. The van der Waals surface area contributed by atoms with Crippen LogP contribution in [0.5, 0.6) is 0 Å². The summed E-state index contributed by atoms with van der Waals surface area (Å²) < 4.78 is 14.9. The average molecular weight is 314 g/mol. The number of rotatable bonds is 4. The second kappa shape index (κ2) is 6.27. The van der Waals surface area contributed by atoms with Crippen molar-refractivity contribution in [3.05, 3.63) is 60.2 Å². The van der Waals surface area contributed by atoms with Crippen LogP contribution in [0.4, 0.5) is 4.39 Å². The second-order valence-electron chi connectivity index (χ2n) is 4.92. The van der Waals surface area contributed by atoms with Gasteiger partial charge in [0.05, 0.1) is 0 Å². The smallest absolute Gasteiger partial charge is 0.191 e. The van der Waals surface area contributed by atoms with Gasteiger partial charge in [-0.05, 0) is 36.8 Å².